The molecule has 1 unspecified atom stereocenters. The number of methoxy groups -OCH3 is 2. The molecule has 0 radical (unpaired) electrons. The molecule has 7 rings (SSSR count). The number of amides is 1. The molecule has 1 amide bonds. The van der Waals surface area contributed by atoms with Gasteiger partial charge in [0.25, 0.3) is 14.1 Å². The number of nitriles is 1. The van der Waals surface area contributed by atoms with Crippen LogP contribution in [0, 0.1) is 18.3 Å². The molecule has 16 nitrogen and oxygen atoms in total. The van der Waals surface area contributed by atoms with Crippen molar-refractivity contribution in [2.45, 2.75) is 116 Å². The molecule has 0 saturated carbocycles. The third kappa shape index (κ3) is 14.0. The molecule has 1 aliphatic rings. The monoisotopic (exact) mass is 1030 g/mol. The molecule has 4 heterocycles. The second-order valence-electron chi connectivity index (χ2n) is 18.8. The summed E-state index contributed by atoms with van der Waals surface area (Å²) in [6.07, 6.45) is 5.56. The van der Waals surface area contributed by atoms with Gasteiger partial charge in [0, 0.05) is 55.6 Å². The van der Waals surface area contributed by atoms with Gasteiger partial charge < -0.3 is 33.3 Å². The predicted molar refractivity (Wildman–Crippen MR) is 285 cm³/mol. The highest BCUT2D eigenvalue weighted by atomic mass is 31.2. The lowest BCUT2D eigenvalue weighted by atomic mass is 9.80. The highest BCUT2D eigenvalue weighted by Crippen LogP contribution is 2.51. The summed E-state index contributed by atoms with van der Waals surface area (Å²) in [5, 5.41) is 12.5. The van der Waals surface area contributed by atoms with Crippen LogP contribution in [0.2, 0.25) is 0 Å². The molecule has 4 atom stereocenters. The number of ether oxygens (including phenoxy) is 4. The topological polar surface area (TPSA) is 192 Å². The average Bonchev–Trinajstić information content (AvgIpc) is 3.81. The normalized spacial score (nSPS) is 16.1. The lowest BCUT2D eigenvalue weighted by molar-refractivity contribution is -0.121. The Labute approximate surface area is 435 Å². The number of hydrogen-bond donors (Lipinski definition) is 2. The van der Waals surface area contributed by atoms with Crippen LogP contribution in [0.5, 0.6) is 11.5 Å². The number of pyridine rings is 2. The van der Waals surface area contributed by atoms with Crippen LogP contribution in [0.15, 0.2) is 131 Å². The third-order valence-electron chi connectivity index (χ3n) is 12.9. The van der Waals surface area contributed by atoms with Gasteiger partial charge in [-0.15, -0.1) is 0 Å². The summed E-state index contributed by atoms with van der Waals surface area (Å²) in [5.41, 5.74) is 4.20. The first-order valence-corrected chi connectivity index (χ1v) is 26.3. The Morgan fingerprint density at radius 3 is 2.14 bits per heavy atom. The van der Waals surface area contributed by atoms with Crippen molar-refractivity contribution in [3.05, 3.63) is 176 Å². The molecular weight excluding hydrogens is 958 g/mol. The second-order valence-corrected chi connectivity index (χ2v) is 20.2. The first kappa shape index (κ1) is 55.2. The maximum absolute atomic E-state index is 13.8. The molecule has 1 saturated heterocycles. The molecule has 6 aromatic rings. The number of unbranched alkanes of at least 4 members (excludes halogenated alkanes) is 1. The largest absolute Gasteiger partial charge is 0.497 e. The van der Waals surface area contributed by atoms with Crippen LogP contribution < -0.4 is 26.0 Å². The van der Waals surface area contributed by atoms with Crippen LogP contribution in [-0.4, -0.2) is 88.4 Å². The third-order valence-corrected chi connectivity index (χ3v) is 15.1. The summed E-state index contributed by atoms with van der Waals surface area (Å²) in [7, 11) is 1.48. The predicted octanol–water partition coefficient (Wildman–Crippen LogP) is 9.35. The van der Waals surface area contributed by atoms with Gasteiger partial charge in [0.2, 0.25) is 5.91 Å². The molecule has 0 spiro atoms. The summed E-state index contributed by atoms with van der Waals surface area (Å²) in [4.78, 5) is 51.7. The fraction of sp³-hybridized carbons (Fsp3) is 0.404. The number of benzene rings is 3. The molecule has 3 aromatic carbocycles. The molecule has 0 bridgehead atoms. The van der Waals surface area contributed by atoms with E-state index >= 15 is 0 Å². The molecule has 1 aliphatic heterocycles. The summed E-state index contributed by atoms with van der Waals surface area (Å²) in [6, 6.07) is 35.5. The Hall–Kier alpha value is -6.57. The Kier molecular flexibility index (Phi) is 19.8. The number of H-pyrrole nitrogens is 1. The minimum Gasteiger partial charge on any atom is -0.497 e. The van der Waals surface area contributed by atoms with Crippen LogP contribution in [0.3, 0.4) is 0 Å². The number of rotatable bonds is 26. The standard InChI is InChI=1S/C57H68N7O9P/c1-39(2)64(40(3)4)74(71-33-13-29-58)73-51-36-54(72-52(51)38-70-57(44-15-9-8-10-16-44,45-18-22-47(68-6)23-19-45)46-20-24-48(69-7)25-21-46)63-37-43(55(66)62-56(63)67)17-26-53(65)61-30-12-11-14-42-28-32-60-50(35-42)49-34-41(5)27-31-59-49/h8-10,15-16,18-25,27-28,31-32,34-35,37,39-40,51-52,54H,11-14,17,26,30,33,36,38H2,1-7H3,(H,61,65)(H,62,66,67)/t51-,52+,54+,74?/m0/s1. The SMILES string of the molecule is COc1ccc(C(OC[C@H]2O[C@@H](n3cc(CCC(=O)NCCCCc4ccnc(-c5cc(C)ccn5)c4)c(=O)[nH]c3=O)C[C@@H]2OP(OCCC#N)N(C(C)C)C(C)C)(c2ccccc2)c2ccc(OC)cc2)cc1. The lowest BCUT2D eigenvalue weighted by Crippen LogP contribution is -2.39. The zero-order chi connectivity index (χ0) is 52.6. The average molecular weight is 1030 g/mol. The van der Waals surface area contributed by atoms with Gasteiger partial charge >= 0.3 is 5.69 Å². The van der Waals surface area contributed by atoms with E-state index in [1.54, 1.807) is 26.6 Å². The number of aromatic nitrogens is 4. The van der Waals surface area contributed by atoms with Crippen molar-refractivity contribution in [1.29, 1.82) is 5.26 Å². The van der Waals surface area contributed by atoms with Crippen molar-refractivity contribution in [2.75, 3.05) is 34.0 Å². The number of nitrogens with one attached hydrogen (secondary N) is 2. The first-order valence-electron chi connectivity index (χ1n) is 25.2. The molecule has 2 N–H and O–H groups in total. The maximum atomic E-state index is 13.8. The fourth-order valence-corrected chi connectivity index (χ4v) is 11.0. The van der Waals surface area contributed by atoms with Gasteiger partial charge in [0.05, 0.1) is 57.4 Å². The second kappa shape index (κ2) is 26.6. The van der Waals surface area contributed by atoms with Crippen LogP contribution in [0.25, 0.3) is 11.4 Å². The van der Waals surface area contributed by atoms with E-state index in [0.717, 1.165) is 58.5 Å². The molecule has 74 heavy (non-hydrogen) atoms. The number of hydrogen-bond acceptors (Lipinski definition) is 13. The zero-order valence-electron chi connectivity index (χ0n) is 43.4. The van der Waals surface area contributed by atoms with E-state index in [-0.39, 0.29) is 62.5 Å². The van der Waals surface area contributed by atoms with Crippen molar-refractivity contribution in [3.8, 4) is 29.0 Å². The molecule has 3 aromatic heterocycles. The smallest absolute Gasteiger partial charge is 0.330 e. The number of aromatic amines is 1. The van der Waals surface area contributed by atoms with Crippen LogP contribution in [-0.2, 0) is 41.8 Å². The lowest BCUT2D eigenvalue weighted by Gasteiger charge is -2.39. The van der Waals surface area contributed by atoms with Gasteiger partial charge in [-0.3, -0.25) is 29.1 Å². The van der Waals surface area contributed by atoms with Gasteiger partial charge in [-0.1, -0.05) is 54.6 Å². The van der Waals surface area contributed by atoms with Crippen LogP contribution in [0.1, 0.15) is 99.4 Å². The van der Waals surface area contributed by atoms with E-state index < -0.39 is 43.8 Å². The van der Waals surface area contributed by atoms with Crippen molar-refractivity contribution in [2.24, 2.45) is 0 Å². The van der Waals surface area contributed by atoms with Gasteiger partial charge in [0.1, 0.15) is 29.4 Å². The maximum Gasteiger partial charge on any atom is 0.330 e. The summed E-state index contributed by atoms with van der Waals surface area (Å²) in [6.45, 7) is 10.9. The van der Waals surface area contributed by atoms with E-state index in [0.29, 0.717) is 18.0 Å². The minimum atomic E-state index is -1.76. The number of carbonyl (C=O) groups is 1. The number of aryl methyl sites for hydroxylation is 3. The Morgan fingerprint density at radius 1 is 0.878 bits per heavy atom. The zero-order valence-corrected chi connectivity index (χ0v) is 44.3. The summed E-state index contributed by atoms with van der Waals surface area (Å²) >= 11 is 0. The van der Waals surface area contributed by atoms with Gasteiger partial charge in [-0.05, 0) is 137 Å². The first-order chi connectivity index (χ1) is 35.8. The van der Waals surface area contributed by atoms with Crippen molar-refractivity contribution >= 4 is 14.4 Å². The van der Waals surface area contributed by atoms with Crippen LogP contribution in [0.4, 0.5) is 0 Å². The molecular formula is C57H68N7O9P. The van der Waals surface area contributed by atoms with E-state index in [2.05, 4.69) is 64.8 Å². The van der Waals surface area contributed by atoms with E-state index in [1.165, 1.54) is 10.8 Å². The van der Waals surface area contributed by atoms with Crippen molar-refractivity contribution in [1.82, 2.24) is 29.5 Å². The summed E-state index contributed by atoms with van der Waals surface area (Å²) < 4.78 is 42.2. The van der Waals surface area contributed by atoms with Crippen LogP contribution >= 0.6 is 8.53 Å². The van der Waals surface area contributed by atoms with Crippen molar-refractivity contribution < 1.29 is 32.8 Å². The van der Waals surface area contributed by atoms with Gasteiger partial charge in [-0.25, -0.2) is 9.46 Å². The molecule has 17 heteroatoms. The van der Waals surface area contributed by atoms with Gasteiger partial charge in [0.15, 0.2) is 0 Å². The molecule has 1 fully saturated rings. The minimum absolute atomic E-state index is 0.0108. The number of carbonyl (C=O) groups excluding carboxylic acids is 1. The highest BCUT2D eigenvalue weighted by Gasteiger charge is 2.45. The van der Waals surface area contributed by atoms with Crippen molar-refractivity contribution in [3.63, 3.8) is 0 Å². The number of nitrogens with zero attached hydrogens (tertiary/aromatic N) is 5. The van der Waals surface area contributed by atoms with Gasteiger partial charge in [-0.2, -0.15) is 5.26 Å². The fourth-order valence-electron chi connectivity index (χ4n) is 9.21. The summed E-state index contributed by atoms with van der Waals surface area (Å²) in [5.74, 6) is 1.15. The van der Waals surface area contributed by atoms with E-state index in [4.69, 9.17) is 28.0 Å². The molecule has 0 aliphatic carbocycles. The van der Waals surface area contributed by atoms with E-state index in [1.807, 2.05) is 104 Å². The Bertz CT molecular complexity index is 2850. The highest BCUT2D eigenvalue weighted by molar-refractivity contribution is 7.44. The molecule has 390 valence electrons. The Morgan fingerprint density at radius 2 is 1.51 bits per heavy atom. The Balaban J connectivity index is 1.12. The quantitative estimate of drug-likeness (QED) is 0.0297. The van der Waals surface area contributed by atoms with E-state index in [9.17, 15) is 19.6 Å².